The number of hydrogen-bond donors (Lipinski definition) is 0. The average molecular weight is 325 g/mol. The van der Waals surface area contributed by atoms with Gasteiger partial charge in [0.1, 0.15) is 10.8 Å². The van der Waals surface area contributed by atoms with Crippen LogP contribution in [-0.4, -0.2) is 28.0 Å². The van der Waals surface area contributed by atoms with Crippen LogP contribution in [-0.2, 0) is 19.6 Å². The van der Waals surface area contributed by atoms with E-state index >= 15 is 0 Å². The summed E-state index contributed by atoms with van der Waals surface area (Å²) in [6, 6.07) is 10.2. The minimum absolute atomic E-state index is 0.189. The van der Waals surface area contributed by atoms with Crippen molar-refractivity contribution >= 4 is 33.0 Å². The van der Waals surface area contributed by atoms with Crippen LogP contribution in [0.1, 0.15) is 5.56 Å². The van der Waals surface area contributed by atoms with E-state index in [1.54, 1.807) is 36.6 Å². The molecule has 1 aromatic carbocycles. The number of hydrogen-bond acceptors (Lipinski definition) is 5. The number of benzene rings is 1. The Labute approximate surface area is 127 Å². The molecule has 7 heteroatoms. The Morgan fingerprint density at radius 1 is 1.24 bits per heavy atom. The molecular weight excluding hydrogens is 310 g/mol. The summed E-state index contributed by atoms with van der Waals surface area (Å²) in [7, 11) is -2.56. The first-order valence-electron chi connectivity index (χ1n) is 6.15. The van der Waals surface area contributed by atoms with Gasteiger partial charge in [0.25, 0.3) is 10.0 Å². The topological polar surface area (TPSA) is 63.7 Å². The van der Waals surface area contributed by atoms with Crippen LogP contribution in [0.3, 0.4) is 0 Å². The molecule has 0 aliphatic carbocycles. The summed E-state index contributed by atoms with van der Waals surface area (Å²) in [5, 5.41) is 1.68. The third-order valence-electron chi connectivity index (χ3n) is 2.92. The highest BCUT2D eigenvalue weighted by Gasteiger charge is 2.29. The SMILES string of the molecule is COC(=O)CN(c1ccccc1C)S(=O)(=O)c1cccs1. The van der Waals surface area contributed by atoms with E-state index in [0.717, 1.165) is 21.2 Å². The van der Waals surface area contributed by atoms with Crippen LogP contribution in [0, 0.1) is 6.92 Å². The summed E-state index contributed by atoms with van der Waals surface area (Å²) in [6.07, 6.45) is 0. The van der Waals surface area contributed by atoms with Gasteiger partial charge in [0, 0.05) is 0 Å². The first kappa shape index (κ1) is 15.5. The molecule has 0 atom stereocenters. The molecule has 0 spiro atoms. The van der Waals surface area contributed by atoms with Crippen LogP contribution in [0.4, 0.5) is 5.69 Å². The highest BCUT2D eigenvalue weighted by molar-refractivity contribution is 7.94. The largest absolute Gasteiger partial charge is 0.468 e. The lowest BCUT2D eigenvalue weighted by atomic mass is 10.2. The van der Waals surface area contributed by atoms with Crippen molar-refractivity contribution in [2.45, 2.75) is 11.1 Å². The molecule has 0 saturated carbocycles. The van der Waals surface area contributed by atoms with E-state index < -0.39 is 16.0 Å². The Kier molecular flexibility index (Phi) is 4.64. The lowest BCUT2D eigenvalue weighted by Gasteiger charge is -2.24. The van der Waals surface area contributed by atoms with Gasteiger partial charge < -0.3 is 4.74 Å². The molecule has 5 nitrogen and oxygen atoms in total. The number of carbonyl (C=O) groups is 1. The molecule has 0 radical (unpaired) electrons. The molecule has 2 aromatic rings. The monoisotopic (exact) mass is 325 g/mol. The fraction of sp³-hybridized carbons (Fsp3) is 0.214. The summed E-state index contributed by atoms with van der Waals surface area (Å²) in [4.78, 5) is 11.6. The molecule has 0 aliphatic rings. The Morgan fingerprint density at radius 3 is 2.52 bits per heavy atom. The number of sulfonamides is 1. The number of para-hydroxylation sites is 1. The predicted octanol–water partition coefficient (Wildman–Crippen LogP) is 2.42. The predicted molar refractivity (Wildman–Crippen MR) is 82.0 cm³/mol. The van der Waals surface area contributed by atoms with Crippen molar-refractivity contribution in [3.8, 4) is 0 Å². The number of methoxy groups -OCH3 is 1. The average Bonchev–Trinajstić information content (AvgIpc) is 3.00. The van der Waals surface area contributed by atoms with Gasteiger partial charge in [-0.1, -0.05) is 24.3 Å². The third kappa shape index (κ3) is 3.25. The fourth-order valence-electron chi connectivity index (χ4n) is 1.84. The number of anilines is 1. The normalized spacial score (nSPS) is 11.1. The van der Waals surface area contributed by atoms with Gasteiger partial charge in [-0.25, -0.2) is 8.42 Å². The number of carbonyl (C=O) groups excluding carboxylic acids is 1. The first-order valence-corrected chi connectivity index (χ1v) is 8.47. The van der Waals surface area contributed by atoms with Crippen LogP contribution in [0.25, 0.3) is 0 Å². The van der Waals surface area contributed by atoms with E-state index in [-0.39, 0.29) is 10.8 Å². The Balaban J connectivity index is 2.52. The maximum absolute atomic E-state index is 12.7. The second-order valence-corrected chi connectivity index (χ2v) is 7.34. The van der Waals surface area contributed by atoms with Gasteiger partial charge in [0.05, 0.1) is 12.8 Å². The maximum Gasteiger partial charge on any atom is 0.326 e. The Morgan fingerprint density at radius 2 is 1.95 bits per heavy atom. The number of esters is 1. The van der Waals surface area contributed by atoms with Crippen LogP contribution in [0.2, 0.25) is 0 Å². The molecule has 0 bridgehead atoms. The summed E-state index contributed by atoms with van der Waals surface area (Å²) in [5.41, 5.74) is 1.23. The number of rotatable bonds is 5. The molecule has 21 heavy (non-hydrogen) atoms. The van der Waals surface area contributed by atoms with Gasteiger partial charge >= 0.3 is 5.97 Å². The summed E-state index contributed by atoms with van der Waals surface area (Å²) in [6.45, 7) is 1.44. The maximum atomic E-state index is 12.7. The van der Waals surface area contributed by atoms with E-state index in [4.69, 9.17) is 0 Å². The van der Waals surface area contributed by atoms with Gasteiger partial charge in [-0.3, -0.25) is 9.10 Å². The Hall–Kier alpha value is -1.86. The van der Waals surface area contributed by atoms with Crippen molar-refractivity contribution in [3.05, 3.63) is 47.3 Å². The van der Waals surface area contributed by atoms with Crippen LogP contribution in [0.5, 0.6) is 0 Å². The molecule has 0 aliphatic heterocycles. The second kappa shape index (κ2) is 6.28. The third-order valence-corrected chi connectivity index (χ3v) is 6.06. The van der Waals surface area contributed by atoms with Crippen molar-refractivity contribution < 1.29 is 17.9 Å². The van der Waals surface area contributed by atoms with Gasteiger partial charge in [-0.2, -0.15) is 0 Å². The van der Waals surface area contributed by atoms with Crippen molar-refractivity contribution in [3.63, 3.8) is 0 Å². The zero-order chi connectivity index (χ0) is 15.5. The number of nitrogens with zero attached hydrogens (tertiary/aromatic N) is 1. The fourth-order valence-corrected chi connectivity index (χ4v) is 4.42. The highest BCUT2D eigenvalue weighted by Crippen LogP contribution is 2.28. The summed E-state index contributed by atoms with van der Waals surface area (Å²) in [5.74, 6) is -0.613. The van der Waals surface area contributed by atoms with Gasteiger partial charge in [0.2, 0.25) is 0 Å². The van der Waals surface area contributed by atoms with E-state index in [1.807, 2.05) is 6.07 Å². The van der Waals surface area contributed by atoms with E-state index in [9.17, 15) is 13.2 Å². The molecule has 0 saturated heterocycles. The lowest BCUT2D eigenvalue weighted by molar-refractivity contribution is -0.138. The van der Waals surface area contributed by atoms with Crippen molar-refractivity contribution in [2.24, 2.45) is 0 Å². The first-order chi connectivity index (χ1) is 9.96. The van der Waals surface area contributed by atoms with Crippen LogP contribution < -0.4 is 4.31 Å². The Bertz CT molecular complexity index is 723. The molecule has 0 N–H and O–H groups in total. The molecule has 0 fully saturated rings. The minimum atomic E-state index is -3.79. The molecule has 1 heterocycles. The summed E-state index contributed by atoms with van der Waals surface area (Å²) >= 11 is 1.11. The molecule has 112 valence electrons. The standard InChI is InChI=1S/C14H15NO4S2/c1-11-6-3-4-7-12(11)15(10-13(16)19-2)21(17,18)14-8-5-9-20-14/h3-9H,10H2,1-2H3. The molecule has 0 amide bonds. The zero-order valence-corrected chi connectivity index (χ0v) is 13.3. The molecular formula is C14H15NO4S2. The number of ether oxygens (including phenoxy) is 1. The molecule has 2 rings (SSSR count). The van der Waals surface area contributed by atoms with Crippen molar-refractivity contribution in [1.29, 1.82) is 0 Å². The van der Waals surface area contributed by atoms with E-state index in [1.165, 1.54) is 13.2 Å². The molecule has 0 unspecified atom stereocenters. The van der Waals surface area contributed by atoms with Crippen LogP contribution in [0.15, 0.2) is 46.0 Å². The quantitative estimate of drug-likeness (QED) is 0.792. The minimum Gasteiger partial charge on any atom is -0.468 e. The van der Waals surface area contributed by atoms with Crippen molar-refractivity contribution in [1.82, 2.24) is 0 Å². The van der Waals surface area contributed by atoms with Crippen LogP contribution >= 0.6 is 11.3 Å². The van der Waals surface area contributed by atoms with E-state index in [0.29, 0.717) is 5.69 Å². The van der Waals surface area contributed by atoms with E-state index in [2.05, 4.69) is 4.74 Å². The smallest absolute Gasteiger partial charge is 0.326 e. The van der Waals surface area contributed by atoms with Gasteiger partial charge in [0.15, 0.2) is 0 Å². The number of thiophene rings is 1. The lowest BCUT2D eigenvalue weighted by Crippen LogP contribution is -2.36. The molecule has 1 aromatic heterocycles. The van der Waals surface area contributed by atoms with Gasteiger partial charge in [-0.15, -0.1) is 11.3 Å². The van der Waals surface area contributed by atoms with Crippen molar-refractivity contribution in [2.75, 3.05) is 18.0 Å². The van der Waals surface area contributed by atoms with Gasteiger partial charge in [-0.05, 0) is 30.0 Å². The summed E-state index contributed by atoms with van der Waals surface area (Å²) < 4.78 is 31.3. The zero-order valence-electron chi connectivity index (χ0n) is 11.6. The number of aryl methyl sites for hydroxylation is 1. The second-order valence-electron chi connectivity index (χ2n) is 4.31. The highest BCUT2D eigenvalue weighted by atomic mass is 32.2.